The average Bonchev–Trinajstić information content (AvgIpc) is 2.77. The number of ether oxygens (including phenoxy) is 1. The van der Waals surface area contributed by atoms with Gasteiger partial charge in [-0.2, -0.15) is 0 Å². The van der Waals surface area contributed by atoms with E-state index in [0.717, 1.165) is 19.1 Å². The fraction of sp³-hybridized carbons (Fsp3) is 0.364. The van der Waals surface area contributed by atoms with E-state index < -0.39 is 10.0 Å². The normalized spacial score (nSPS) is 16.6. The van der Waals surface area contributed by atoms with Crippen molar-refractivity contribution < 1.29 is 22.7 Å². The van der Waals surface area contributed by atoms with Gasteiger partial charge in [-0.15, -0.1) is 0 Å². The summed E-state index contributed by atoms with van der Waals surface area (Å²) in [7, 11) is -1.72. The van der Waals surface area contributed by atoms with Crippen LogP contribution < -0.4 is 14.8 Å². The molecule has 3 rings (SSSR count). The van der Waals surface area contributed by atoms with Crippen LogP contribution in [0, 0.1) is 5.92 Å². The van der Waals surface area contributed by atoms with Crippen LogP contribution in [-0.2, 0) is 10.0 Å². The molecule has 0 aromatic heterocycles. The number of hydrogen-bond donors (Lipinski definition) is 2. The Morgan fingerprint density at radius 3 is 2.52 bits per heavy atom. The molecule has 0 saturated carbocycles. The first-order chi connectivity index (χ1) is 14.8. The van der Waals surface area contributed by atoms with Crippen molar-refractivity contribution in [1.82, 2.24) is 9.62 Å². The number of sulfonamides is 1. The number of carbonyl (C=O) groups excluding carboxylic acids is 2. The highest BCUT2D eigenvalue weighted by molar-refractivity contribution is 7.88. The quantitative estimate of drug-likeness (QED) is 0.681. The van der Waals surface area contributed by atoms with Crippen LogP contribution in [0.2, 0.25) is 0 Å². The Kier molecular flexibility index (Phi) is 7.29. The van der Waals surface area contributed by atoms with Crippen molar-refractivity contribution in [3.8, 4) is 5.75 Å². The molecular weight excluding hydrogens is 418 g/mol. The van der Waals surface area contributed by atoms with E-state index in [1.165, 1.54) is 0 Å². The molecule has 1 heterocycles. The predicted molar refractivity (Wildman–Crippen MR) is 119 cm³/mol. The van der Waals surface area contributed by atoms with E-state index in [4.69, 9.17) is 4.74 Å². The van der Waals surface area contributed by atoms with E-state index in [-0.39, 0.29) is 17.7 Å². The predicted octanol–water partition coefficient (Wildman–Crippen LogP) is 2.35. The fourth-order valence-corrected chi connectivity index (χ4v) is 4.11. The van der Waals surface area contributed by atoms with Crippen LogP contribution in [0.3, 0.4) is 0 Å². The lowest BCUT2D eigenvalue weighted by Crippen LogP contribution is -2.43. The number of nitrogens with zero attached hydrogens (tertiary/aromatic N) is 1. The minimum atomic E-state index is -3.27. The number of anilines is 1. The Morgan fingerprint density at radius 1 is 1.13 bits per heavy atom. The molecule has 1 aliphatic heterocycles. The molecule has 2 aromatic carbocycles. The van der Waals surface area contributed by atoms with Crippen LogP contribution in [-0.4, -0.2) is 58.1 Å². The van der Waals surface area contributed by atoms with Crippen LogP contribution in [0.1, 0.15) is 33.6 Å². The summed E-state index contributed by atoms with van der Waals surface area (Å²) in [5.74, 6) is 0.192. The molecule has 166 valence electrons. The topological polar surface area (TPSA) is 105 Å². The molecule has 2 aromatic rings. The first-order valence-corrected chi connectivity index (χ1v) is 11.9. The highest BCUT2D eigenvalue weighted by Gasteiger charge is 2.26. The van der Waals surface area contributed by atoms with E-state index in [9.17, 15) is 18.0 Å². The zero-order valence-corrected chi connectivity index (χ0v) is 18.4. The molecule has 1 aliphatic rings. The first kappa shape index (κ1) is 22.8. The smallest absolute Gasteiger partial charge is 0.255 e. The summed E-state index contributed by atoms with van der Waals surface area (Å²) in [5, 5.41) is 2.82. The monoisotopic (exact) mass is 445 g/mol. The van der Waals surface area contributed by atoms with Gasteiger partial charge in [0, 0.05) is 25.2 Å². The maximum absolute atomic E-state index is 13.2. The molecule has 0 spiro atoms. The van der Waals surface area contributed by atoms with Gasteiger partial charge < -0.3 is 15.0 Å². The van der Waals surface area contributed by atoms with E-state index in [1.807, 2.05) is 0 Å². The lowest BCUT2D eigenvalue weighted by atomic mass is 9.97. The molecule has 31 heavy (non-hydrogen) atoms. The third-order valence-corrected chi connectivity index (χ3v) is 5.89. The van der Waals surface area contributed by atoms with Gasteiger partial charge in [-0.3, -0.25) is 9.59 Å². The third-order valence-electron chi connectivity index (χ3n) is 5.20. The van der Waals surface area contributed by atoms with Crippen LogP contribution in [0.4, 0.5) is 5.69 Å². The van der Waals surface area contributed by atoms with Crippen molar-refractivity contribution in [2.45, 2.75) is 12.8 Å². The minimum Gasteiger partial charge on any atom is -0.497 e. The molecule has 0 radical (unpaired) electrons. The molecule has 1 fully saturated rings. The molecule has 1 atom stereocenters. The number of methoxy groups -OCH3 is 1. The van der Waals surface area contributed by atoms with Gasteiger partial charge in [0.2, 0.25) is 10.0 Å². The molecule has 0 aliphatic carbocycles. The molecular formula is C22H27N3O5S. The summed E-state index contributed by atoms with van der Waals surface area (Å²) in [5.41, 5.74) is 1.29. The average molecular weight is 446 g/mol. The highest BCUT2D eigenvalue weighted by Crippen LogP contribution is 2.23. The van der Waals surface area contributed by atoms with Gasteiger partial charge in [0.1, 0.15) is 5.75 Å². The second kappa shape index (κ2) is 9.93. The Labute approximate surface area is 182 Å². The maximum Gasteiger partial charge on any atom is 0.255 e. The van der Waals surface area contributed by atoms with Gasteiger partial charge in [-0.1, -0.05) is 12.1 Å². The number of amides is 2. The van der Waals surface area contributed by atoms with Gasteiger partial charge in [0.15, 0.2) is 0 Å². The van der Waals surface area contributed by atoms with Gasteiger partial charge >= 0.3 is 0 Å². The van der Waals surface area contributed by atoms with Crippen molar-refractivity contribution in [2.24, 2.45) is 5.92 Å². The van der Waals surface area contributed by atoms with E-state index in [0.29, 0.717) is 42.2 Å². The first-order valence-electron chi connectivity index (χ1n) is 10.0. The third kappa shape index (κ3) is 6.28. The van der Waals surface area contributed by atoms with E-state index >= 15 is 0 Å². The molecule has 8 nitrogen and oxygen atoms in total. The zero-order valence-electron chi connectivity index (χ0n) is 17.6. The lowest BCUT2D eigenvalue weighted by Gasteiger charge is -2.33. The molecule has 0 bridgehead atoms. The molecule has 1 saturated heterocycles. The van der Waals surface area contributed by atoms with Crippen LogP contribution in [0.15, 0.2) is 48.5 Å². The molecule has 2 N–H and O–H groups in total. The van der Waals surface area contributed by atoms with E-state index in [1.54, 1.807) is 60.5 Å². The number of piperidine rings is 1. The number of benzene rings is 2. The van der Waals surface area contributed by atoms with Crippen molar-refractivity contribution in [1.29, 1.82) is 0 Å². The van der Waals surface area contributed by atoms with Gasteiger partial charge in [-0.05, 0) is 55.2 Å². The Balaban J connectivity index is 1.71. The number of likely N-dealkylation sites (tertiary alicyclic amines) is 1. The fourth-order valence-electron chi connectivity index (χ4n) is 3.57. The molecule has 9 heteroatoms. The number of para-hydroxylation sites is 1. The SMILES string of the molecule is COc1ccc(C(=O)Nc2ccccc2C(=O)N2CCCC(CNS(C)(=O)=O)C2)cc1. The largest absolute Gasteiger partial charge is 0.497 e. The van der Waals surface area contributed by atoms with Crippen molar-refractivity contribution in [2.75, 3.05) is 38.3 Å². The zero-order chi connectivity index (χ0) is 22.4. The van der Waals surface area contributed by atoms with Crippen molar-refractivity contribution in [3.63, 3.8) is 0 Å². The summed E-state index contributed by atoms with van der Waals surface area (Å²) in [6.07, 6.45) is 2.77. The van der Waals surface area contributed by atoms with Crippen LogP contribution >= 0.6 is 0 Å². The van der Waals surface area contributed by atoms with Crippen LogP contribution in [0.5, 0.6) is 5.75 Å². The summed E-state index contributed by atoms with van der Waals surface area (Å²) >= 11 is 0. The van der Waals surface area contributed by atoms with Gasteiger partial charge in [-0.25, -0.2) is 13.1 Å². The lowest BCUT2D eigenvalue weighted by molar-refractivity contribution is 0.0677. The number of carbonyl (C=O) groups is 2. The second-order valence-corrected chi connectivity index (χ2v) is 9.44. The second-order valence-electron chi connectivity index (χ2n) is 7.61. The molecule has 2 amide bonds. The highest BCUT2D eigenvalue weighted by atomic mass is 32.2. The van der Waals surface area contributed by atoms with Crippen molar-refractivity contribution in [3.05, 3.63) is 59.7 Å². The Bertz CT molecular complexity index is 1040. The van der Waals surface area contributed by atoms with Gasteiger partial charge in [0.25, 0.3) is 11.8 Å². The number of nitrogens with one attached hydrogen (secondary N) is 2. The van der Waals surface area contributed by atoms with Crippen molar-refractivity contribution >= 4 is 27.5 Å². The Hall–Kier alpha value is -2.91. The van der Waals surface area contributed by atoms with Gasteiger partial charge in [0.05, 0.1) is 24.6 Å². The Morgan fingerprint density at radius 2 is 1.84 bits per heavy atom. The molecule has 1 unspecified atom stereocenters. The van der Waals surface area contributed by atoms with E-state index in [2.05, 4.69) is 10.0 Å². The number of rotatable bonds is 7. The summed E-state index contributed by atoms with van der Waals surface area (Å²) in [6.45, 7) is 1.36. The van der Waals surface area contributed by atoms with Crippen LogP contribution in [0.25, 0.3) is 0 Å². The minimum absolute atomic E-state index is 0.0495. The summed E-state index contributed by atoms with van der Waals surface area (Å²) in [6, 6.07) is 13.6. The summed E-state index contributed by atoms with van der Waals surface area (Å²) in [4.78, 5) is 27.6. The maximum atomic E-state index is 13.2. The summed E-state index contributed by atoms with van der Waals surface area (Å²) < 4.78 is 30.4. The standard InChI is InChI=1S/C22H27N3O5S/c1-30-18-11-9-17(10-12-18)21(26)24-20-8-4-3-7-19(20)22(27)25-13-5-6-16(15-25)14-23-31(2,28)29/h3-4,7-12,16,23H,5-6,13-15H2,1-2H3,(H,24,26). The number of hydrogen-bond acceptors (Lipinski definition) is 5.